The molecule has 0 aliphatic rings. The van der Waals surface area contributed by atoms with E-state index in [0.717, 1.165) is 11.1 Å². The minimum absolute atomic E-state index is 1.08. The first-order valence-electron chi connectivity index (χ1n) is 5.98. The van der Waals surface area contributed by atoms with Gasteiger partial charge in [-0.05, 0) is 46.5 Å². The van der Waals surface area contributed by atoms with E-state index in [4.69, 9.17) is 0 Å². The van der Waals surface area contributed by atoms with E-state index >= 15 is 0 Å². The lowest BCUT2D eigenvalue weighted by Crippen LogP contribution is -1.80. The summed E-state index contributed by atoms with van der Waals surface area (Å²) in [7, 11) is 0. The molecular formula is C18H12. The Morgan fingerprint density at radius 3 is 1.22 bits per heavy atom. The quantitative estimate of drug-likeness (QED) is 0.600. The van der Waals surface area contributed by atoms with Crippen LogP contribution in [0.2, 0.25) is 0 Å². The molecule has 3 aromatic carbocycles. The van der Waals surface area contributed by atoms with Gasteiger partial charge in [-0.15, -0.1) is 0 Å². The predicted molar refractivity (Wildman–Crippen MR) is 75.0 cm³/mol. The zero-order chi connectivity index (χ0) is 12.2. The zero-order valence-electron chi connectivity index (χ0n) is 9.93. The fourth-order valence-electron chi connectivity index (χ4n) is 1.95. The van der Waals surface area contributed by atoms with Gasteiger partial charge in [-0.2, -0.15) is 0 Å². The molecule has 0 unspecified atom stereocenters. The average molecular weight is 228 g/mol. The van der Waals surface area contributed by atoms with Crippen LogP contribution in [0.25, 0.3) is 22.3 Å². The highest BCUT2D eigenvalue weighted by Gasteiger charge is 1.99. The smallest absolute Gasteiger partial charge is 0.00923 e. The van der Waals surface area contributed by atoms with E-state index in [1.165, 1.54) is 11.1 Å². The molecular weight excluding hydrogens is 216 g/mol. The molecule has 0 spiro atoms. The Bertz CT molecular complexity index is 549. The molecule has 0 aliphatic carbocycles. The minimum Gasteiger partial charge on any atom is -0.0622 e. The SMILES string of the molecule is [c]1cc(-c2ccccc2)[c]cc1-c1ccccc1. The molecule has 0 saturated carbocycles. The van der Waals surface area contributed by atoms with Crippen LogP contribution in [-0.2, 0) is 0 Å². The van der Waals surface area contributed by atoms with Crippen molar-refractivity contribution < 1.29 is 0 Å². The molecule has 3 aromatic rings. The van der Waals surface area contributed by atoms with Crippen LogP contribution >= 0.6 is 0 Å². The summed E-state index contributed by atoms with van der Waals surface area (Å²) >= 11 is 0. The maximum absolute atomic E-state index is 3.32. The summed E-state index contributed by atoms with van der Waals surface area (Å²) in [5, 5.41) is 0. The van der Waals surface area contributed by atoms with Crippen LogP contribution in [-0.4, -0.2) is 0 Å². The first kappa shape index (κ1) is 10.8. The van der Waals surface area contributed by atoms with Crippen molar-refractivity contribution in [3.8, 4) is 22.3 Å². The second-order valence-electron chi connectivity index (χ2n) is 4.14. The second-order valence-corrected chi connectivity index (χ2v) is 4.14. The van der Waals surface area contributed by atoms with Crippen LogP contribution in [0.15, 0.2) is 72.8 Å². The van der Waals surface area contributed by atoms with Crippen LogP contribution in [0.5, 0.6) is 0 Å². The van der Waals surface area contributed by atoms with Gasteiger partial charge in [0, 0.05) is 0 Å². The van der Waals surface area contributed by atoms with Crippen molar-refractivity contribution >= 4 is 0 Å². The summed E-state index contributed by atoms with van der Waals surface area (Å²) < 4.78 is 0. The van der Waals surface area contributed by atoms with Crippen molar-refractivity contribution in [1.82, 2.24) is 0 Å². The molecule has 0 saturated heterocycles. The first-order chi connectivity index (χ1) is 8.93. The molecule has 0 fully saturated rings. The van der Waals surface area contributed by atoms with Crippen molar-refractivity contribution in [3.05, 3.63) is 84.9 Å². The number of hydrogen-bond acceptors (Lipinski definition) is 0. The first-order valence-corrected chi connectivity index (χ1v) is 5.98. The highest BCUT2D eigenvalue weighted by molar-refractivity contribution is 5.69. The van der Waals surface area contributed by atoms with Gasteiger partial charge in [0.15, 0.2) is 0 Å². The Kier molecular flexibility index (Phi) is 2.93. The molecule has 84 valence electrons. The Morgan fingerprint density at radius 2 is 0.889 bits per heavy atom. The standard InChI is InChI=1S/C18H12/c1-3-7-15(8-4-1)17-11-13-18(14-12-17)16-9-5-2-6-10-16/h1-11,14H. The van der Waals surface area contributed by atoms with E-state index in [2.05, 4.69) is 36.4 Å². The Labute approximate surface area is 108 Å². The van der Waals surface area contributed by atoms with Gasteiger partial charge in [0.05, 0.1) is 0 Å². The zero-order valence-corrected chi connectivity index (χ0v) is 9.93. The molecule has 0 heteroatoms. The van der Waals surface area contributed by atoms with Crippen molar-refractivity contribution in [1.29, 1.82) is 0 Å². The lowest BCUT2D eigenvalue weighted by Gasteiger charge is -2.03. The molecule has 0 N–H and O–H groups in total. The third kappa shape index (κ3) is 2.18. The second kappa shape index (κ2) is 4.89. The van der Waals surface area contributed by atoms with Crippen LogP contribution in [0.4, 0.5) is 0 Å². The van der Waals surface area contributed by atoms with Gasteiger partial charge < -0.3 is 0 Å². The molecule has 0 nitrogen and oxygen atoms in total. The molecule has 3 rings (SSSR count). The fraction of sp³-hybridized carbons (Fsp3) is 0. The summed E-state index contributed by atoms with van der Waals surface area (Å²) in [6.45, 7) is 0. The largest absolute Gasteiger partial charge is 0.0622 e. The Morgan fingerprint density at radius 1 is 0.500 bits per heavy atom. The van der Waals surface area contributed by atoms with Crippen molar-refractivity contribution in [2.75, 3.05) is 0 Å². The fourth-order valence-corrected chi connectivity index (χ4v) is 1.95. The van der Waals surface area contributed by atoms with Crippen LogP contribution in [0.1, 0.15) is 0 Å². The van der Waals surface area contributed by atoms with E-state index in [-0.39, 0.29) is 0 Å². The lowest BCUT2D eigenvalue weighted by molar-refractivity contribution is 1.57. The predicted octanol–water partition coefficient (Wildman–Crippen LogP) is 4.62. The summed E-state index contributed by atoms with van der Waals surface area (Å²) in [4.78, 5) is 0. The average Bonchev–Trinajstić information content (AvgIpc) is 2.49. The molecule has 0 bridgehead atoms. The van der Waals surface area contributed by atoms with Gasteiger partial charge in [-0.25, -0.2) is 0 Å². The summed E-state index contributed by atoms with van der Waals surface area (Å²) in [6, 6.07) is 31.2. The van der Waals surface area contributed by atoms with Gasteiger partial charge in [-0.1, -0.05) is 60.7 Å². The van der Waals surface area contributed by atoms with Crippen LogP contribution < -0.4 is 0 Å². The highest BCUT2D eigenvalue weighted by atomic mass is 14.0. The molecule has 0 atom stereocenters. The van der Waals surface area contributed by atoms with Gasteiger partial charge in [0.25, 0.3) is 0 Å². The minimum atomic E-state index is 1.08. The van der Waals surface area contributed by atoms with Gasteiger partial charge >= 0.3 is 0 Å². The highest BCUT2D eigenvalue weighted by Crippen LogP contribution is 2.23. The normalized spacial score (nSPS) is 10.2. The van der Waals surface area contributed by atoms with Crippen LogP contribution in [0, 0.1) is 12.1 Å². The van der Waals surface area contributed by atoms with E-state index in [9.17, 15) is 0 Å². The molecule has 0 heterocycles. The van der Waals surface area contributed by atoms with E-state index in [1.807, 2.05) is 48.5 Å². The Hall–Kier alpha value is -2.34. The van der Waals surface area contributed by atoms with Crippen molar-refractivity contribution in [2.45, 2.75) is 0 Å². The topological polar surface area (TPSA) is 0 Å². The lowest BCUT2D eigenvalue weighted by atomic mass is 10.0. The molecule has 18 heavy (non-hydrogen) atoms. The maximum Gasteiger partial charge on any atom is -0.00923 e. The summed E-state index contributed by atoms with van der Waals surface area (Å²) in [6.07, 6.45) is 0. The monoisotopic (exact) mass is 228 g/mol. The van der Waals surface area contributed by atoms with Gasteiger partial charge in [0.2, 0.25) is 0 Å². The number of hydrogen-bond donors (Lipinski definition) is 0. The molecule has 0 aliphatic heterocycles. The van der Waals surface area contributed by atoms with Crippen LogP contribution in [0.3, 0.4) is 0 Å². The summed E-state index contributed by atoms with van der Waals surface area (Å²) in [5.74, 6) is 0. The van der Waals surface area contributed by atoms with E-state index in [1.54, 1.807) is 0 Å². The van der Waals surface area contributed by atoms with E-state index < -0.39 is 0 Å². The van der Waals surface area contributed by atoms with Gasteiger partial charge in [-0.3, -0.25) is 0 Å². The summed E-state index contributed by atoms with van der Waals surface area (Å²) in [5.41, 5.74) is 4.51. The molecule has 2 radical (unpaired) electrons. The van der Waals surface area contributed by atoms with Crippen molar-refractivity contribution in [3.63, 3.8) is 0 Å². The Balaban J connectivity index is 1.95. The third-order valence-corrected chi connectivity index (χ3v) is 2.91. The van der Waals surface area contributed by atoms with E-state index in [0.29, 0.717) is 0 Å². The molecule has 0 amide bonds. The molecule has 0 aromatic heterocycles. The van der Waals surface area contributed by atoms with Crippen molar-refractivity contribution in [2.24, 2.45) is 0 Å². The third-order valence-electron chi connectivity index (χ3n) is 2.91. The maximum atomic E-state index is 3.32. The van der Waals surface area contributed by atoms with Gasteiger partial charge in [0.1, 0.15) is 0 Å². The number of benzene rings is 3. The number of rotatable bonds is 2.